The van der Waals surface area contributed by atoms with E-state index in [0.717, 1.165) is 0 Å². The third kappa shape index (κ3) is 7.45. The van der Waals surface area contributed by atoms with Crippen molar-refractivity contribution in [3.05, 3.63) is 128 Å². The zero-order valence-corrected chi connectivity index (χ0v) is 27.7. The van der Waals surface area contributed by atoms with Gasteiger partial charge in [0, 0.05) is 63.3 Å². The Morgan fingerprint density at radius 1 is 1.04 bits per heavy atom. The fourth-order valence-corrected chi connectivity index (χ4v) is 6.00. The van der Waals surface area contributed by atoms with Gasteiger partial charge >= 0.3 is 0 Å². The van der Waals surface area contributed by atoms with Crippen molar-refractivity contribution in [1.82, 2.24) is 5.32 Å². The second-order valence-electron chi connectivity index (χ2n) is 10.8. The van der Waals surface area contributed by atoms with Crippen molar-refractivity contribution in [2.24, 2.45) is 10.1 Å². The number of carbonyl (C=O) groups is 1. The van der Waals surface area contributed by atoms with Gasteiger partial charge in [-0.25, -0.2) is 4.99 Å². The molecular formula is C35H33Cl2N5O6. The Labute approximate surface area is 287 Å². The van der Waals surface area contributed by atoms with E-state index in [0.29, 0.717) is 63.2 Å². The standard InChI is InChI=1S/C35H33Cl2N5O6/c1-45-30-10-5-8-24(31(30)46-2)21-39-34(44)35(20-23-7-3-4-9-29(23)41-42-38)32(27-16-13-25(36)19-28(27)37)48-33(40-35)22-11-14-26(15-12-22)47-18-6-17-43/h3-5,7-16,19,32,43H,6,17-18,20-21H2,1-2H3,(H,39,44)/t32-,35-/m1/s1. The van der Waals surface area contributed by atoms with Crippen molar-refractivity contribution in [3.8, 4) is 17.2 Å². The van der Waals surface area contributed by atoms with Crippen molar-refractivity contribution in [1.29, 1.82) is 0 Å². The zero-order valence-electron chi connectivity index (χ0n) is 26.2. The van der Waals surface area contributed by atoms with Crippen molar-refractivity contribution in [2.75, 3.05) is 27.4 Å². The highest BCUT2D eigenvalue weighted by Gasteiger charge is 2.54. The van der Waals surface area contributed by atoms with Crippen LogP contribution in [0.4, 0.5) is 5.69 Å². The van der Waals surface area contributed by atoms with E-state index in [9.17, 15) is 10.3 Å². The van der Waals surface area contributed by atoms with Crippen LogP contribution in [0.15, 0.2) is 95.0 Å². The van der Waals surface area contributed by atoms with Gasteiger partial charge in [-0.15, -0.1) is 0 Å². The first-order valence-corrected chi connectivity index (χ1v) is 15.8. The molecule has 5 rings (SSSR count). The number of rotatable bonds is 14. The summed E-state index contributed by atoms with van der Waals surface area (Å²) in [6.45, 7) is 0.454. The van der Waals surface area contributed by atoms with Crippen LogP contribution in [0.2, 0.25) is 10.0 Å². The monoisotopic (exact) mass is 689 g/mol. The number of aliphatic imine (C=N–C) groups is 1. The molecule has 0 aromatic heterocycles. The van der Waals surface area contributed by atoms with Gasteiger partial charge in [0.2, 0.25) is 5.90 Å². The fourth-order valence-electron chi connectivity index (χ4n) is 5.49. The van der Waals surface area contributed by atoms with Crippen LogP contribution in [0.3, 0.4) is 0 Å². The molecule has 0 unspecified atom stereocenters. The first-order chi connectivity index (χ1) is 23.3. The van der Waals surface area contributed by atoms with Crippen molar-refractivity contribution in [3.63, 3.8) is 0 Å². The quantitative estimate of drug-likeness (QED) is 0.0605. The van der Waals surface area contributed by atoms with Crippen LogP contribution in [0.1, 0.15) is 34.8 Å². The molecule has 248 valence electrons. The Kier molecular flexibility index (Phi) is 11.3. The molecule has 0 saturated carbocycles. The number of nitrogens with zero attached hydrogens (tertiary/aromatic N) is 4. The summed E-state index contributed by atoms with van der Waals surface area (Å²) in [5.74, 6) is 1.32. The topological polar surface area (TPSA) is 147 Å². The molecule has 1 heterocycles. The van der Waals surface area contributed by atoms with E-state index in [2.05, 4.69) is 15.3 Å². The summed E-state index contributed by atoms with van der Waals surface area (Å²) in [5, 5.41) is 16.7. The Balaban J connectivity index is 1.63. The second kappa shape index (κ2) is 15.8. The molecule has 4 aromatic carbocycles. The molecule has 0 fully saturated rings. The first-order valence-electron chi connectivity index (χ1n) is 15.0. The van der Waals surface area contributed by atoms with Crippen LogP contribution in [-0.2, 0) is 22.5 Å². The van der Waals surface area contributed by atoms with E-state index in [-0.39, 0.29) is 30.5 Å². The van der Waals surface area contributed by atoms with E-state index in [1.807, 2.05) is 6.07 Å². The van der Waals surface area contributed by atoms with Crippen LogP contribution in [0.25, 0.3) is 10.4 Å². The minimum Gasteiger partial charge on any atom is -0.494 e. The third-order valence-electron chi connectivity index (χ3n) is 7.80. The molecule has 1 amide bonds. The van der Waals surface area contributed by atoms with Crippen molar-refractivity contribution < 1.29 is 28.8 Å². The van der Waals surface area contributed by atoms with Gasteiger partial charge in [0.15, 0.2) is 23.1 Å². The second-order valence-corrected chi connectivity index (χ2v) is 11.6. The number of ether oxygens (including phenoxy) is 4. The Hall–Kier alpha value is -4.93. The number of hydrogen-bond acceptors (Lipinski definition) is 8. The lowest BCUT2D eigenvalue weighted by Crippen LogP contribution is -2.49. The smallest absolute Gasteiger partial charge is 0.252 e. The predicted octanol–water partition coefficient (Wildman–Crippen LogP) is 7.53. The van der Waals surface area contributed by atoms with Crippen molar-refractivity contribution >= 4 is 40.7 Å². The Bertz CT molecular complexity index is 1850. The lowest BCUT2D eigenvalue weighted by atomic mass is 9.81. The maximum atomic E-state index is 14.7. The first kappa shape index (κ1) is 34.4. The molecule has 2 N–H and O–H groups in total. The molecule has 4 aromatic rings. The lowest BCUT2D eigenvalue weighted by molar-refractivity contribution is -0.129. The summed E-state index contributed by atoms with van der Waals surface area (Å²) >= 11 is 13.0. The number of halogens is 2. The summed E-state index contributed by atoms with van der Waals surface area (Å²) in [6.07, 6.45) is -0.541. The van der Waals surface area contributed by atoms with E-state index in [1.54, 1.807) is 78.9 Å². The van der Waals surface area contributed by atoms with Gasteiger partial charge in [-0.1, -0.05) is 70.8 Å². The van der Waals surface area contributed by atoms with Gasteiger partial charge in [-0.05, 0) is 53.6 Å². The average Bonchev–Trinajstić information content (AvgIpc) is 3.48. The summed E-state index contributed by atoms with van der Waals surface area (Å²) < 4.78 is 23.3. The number of hydrogen-bond donors (Lipinski definition) is 2. The van der Waals surface area contributed by atoms with Gasteiger partial charge in [0.1, 0.15) is 5.75 Å². The van der Waals surface area contributed by atoms with E-state index < -0.39 is 17.6 Å². The highest BCUT2D eigenvalue weighted by atomic mass is 35.5. The normalized spacial score (nSPS) is 16.7. The largest absolute Gasteiger partial charge is 0.494 e. The van der Waals surface area contributed by atoms with Crippen LogP contribution in [-0.4, -0.2) is 49.9 Å². The minimum absolute atomic E-state index is 0.0151. The van der Waals surface area contributed by atoms with Gasteiger partial charge in [0.25, 0.3) is 5.91 Å². The average molecular weight is 691 g/mol. The maximum absolute atomic E-state index is 14.7. The van der Waals surface area contributed by atoms with Crippen LogP contribution < -0.4 is 19.5 Å². The molecule has 11 nitrogen and oxygen atoms in total. The highest BCUT2D eigenvalue weighted by Crippen LogP contribution is 2.46. The molecule has 0 aliphatic carbocycles. The van der Waals surface area contributed by atoms with Crippen LogP contribution >= 0.6 is 23.2 Å². The molecule has 1 aliphatic rings. The number of methoxy groups -OCH3 is 2. The summed E-state index contributed by atoms with van der Waals surface area (Å²) in [7, 11) is 3.07. The number of benzene rings is 4. The van der Waals surface area contributed by atoms with E-state index in [4.69, 9.17) is 52.2 Å². The fraction of sp³-hybridized carbons (Fsp3) is 0.257. The molecule has 48 heavy (non-hydrogen) atoms. The van der Waals surface area contributed by atoms with Crippen LogP contribution in [0, 0.1) is 0 Å². The molecular weight excluding hydrogens is 657 g/mol. The molecule has 0 saturated heterocycles. The number of carbonyl (C=O) groups excluding carboxylic acids is 1. The molecule has 0 bridgehead atoms. The van der Waals surface area contributed by atoms with E-state index >= 15 is 0 Å². The lowest BCUT2D eigenvalue weighted by Gasteiger charge is -2.31. The number of aliphatic hydroxyl groups is 1. The van der Waals surface area contributed by atoms with Gasteiger partial charge in [-0.3, -0.25) is 4.79 Å². The molecule has 0 radical (unpaired) electrons. The minimum atomic E-state index is -1.64. The number of amides is 1. The number of para-hydroxylation sites is 1. The zero-order chi connectivity index (χ0) is 34.1. The molecule has 1 aliphatic heterocycles. The highest BCUT2D eigenvalue weighted by molar-refractivity contribution is 6.35. The molecule has 2 atom stereocenters. The third-order valence-corrected chi connectivity index (χ3v) is 8.37. The maximum Gasteiger partial charge on any atom is 0.252 e. The van der Waals surface area contributed by atoms with E-state index in [1.165, 1.54) is 14.2 Å². The van der Waals surface area contributed by atoms with Crippen molar-refractivity contribution in [2.45, 2.75) is 31.0 Å². The summed E-state index contributed by atoms with van der Waals surface area (Å²) in [6, 6.07) is 24.4. The summed E-state index contributed by atoms with van der Waals surface area (Å²) in [5.41, 5.74) is 10.3. The SMILES string of the molecule is COc1cccc(CNC(=O)[C@]2(Cc3ccccc3N=[N+]=[N-])N=C(c3ccc(OCCCO)cc3)O[C@@H]2c2ccc(Cl)cc2Cl)c1OC. The number of azide groups is 1. The predicted molar refractivity (Wildman–Crippen MR) is 184 cm³/mol. The molecule has 13 heteroatoms. The number of nitrogens with one attached hydrogen (secondary N) is 1. The summed E-state index contributed by atoms with van der Waals surface area (Å²) in [4.78, 5) is 22.7. The van der Waals surface area contributed by atoms with Gasteiger partial charge in [-0.2, -0.15) is 0 Å². The Morgan fingerprint density at radius 2 is 1.81 bits per heavy atom. The van der Waals surface area contributed by atoms with Crippen LogP contribution in [0.5, 0.6) is 17.2 Å². The Morgan fingerprint density at radius 3 is 2.52 bits per heavy atom. The van der Waals surface area contributed by atoms with Gasteiger partial charge in [0.05, 0.1) is 20.8 Å². The van der Waals surface area contributed by atoms with Gasteiger partial charge < -0.3 is 29.4 Å². The molecule has 0 spiro atoms. The number of aliphatic hydroxyl groups excluding tert-OH is 1.